The van der Waals surface area contributed by atoms with Gasteiger partial charge in [0.15, 0.2) is 0 Å². The van der Waals surface area contributed by atoms with Crippen molar-refractivity contribution in [2.45, 2.75) is 43.9 Å². The fourth-order valence-electron chi connectivity index (χ4n) is 8.34. The molecule has 1 aromatic rings. The predicted octanol–water partition coefficient (Wildman–Crippen LogP) is 1.75. The Morgan fingerprint density at radius 3 is 2.83 bits per heavy atom. The molecule has 1 amide bonds. The van der Waals surface area contributed by atoms with Crippen LogP contribution < -0.4 is 5.06 Å². The van der Waals surface area contributed by atoms with Crippen LogP contribution in [0.4, 0.5) is 5.69 Å². The van der Waals surface area contributed by atoms with Gasteiger partial charge in [0, 0.05) is 36.8 Å². The molecule has 30 heavy (non-hydrogen) atoms. The largest absolute Gasteiger partial charge is 0.462 e. The lowest BCUT2D eigenvalue weighted by molar-refractivity contribution is -0.193. The number of para-hydroxylation sites is 1. The van der Waals surface area contributed by atoms with E-state index < -0.39 is 5.41 Å². The molecule has 7 nitrogen and oxygen atoms in total. The highest BCUT2D eigenvalue weighted by Crippen LogP contribution is 2.74. The summed E-state index contributed by atoms with van der Waals surface area (Å²) in [5.74, 6) is 0.439. The number of hydrogen-bond acceptors (Lipinski definition) is 6. The molecule has 0 N–H and O–H groups in total. The van der Waals surface area contributed by atoms with Gasteiger partial charge in [-0.1, -0.05) is 18.2 Å². The number of anilines is 1. The van der Waals surface area contributed by atoms with Crippen LogP contribution in [0, 0.1) is 23.2 Å². The number of hydroxylamine groups is 1. The van der Waals surface area contributed by atoms with Crippen molar-refractivity contribution in [3.63, 3.8) is 0 Å². The summed E-state index contributed by atoms with van der Waals surface area (Å²) in [6.07, 6.45) is 0.357. The van der Waals surface area contributed by atoms with E-state index in [0.29, 0.717) is 18.4 Å². The van der Waals surface area contributed by atoms with Crippen molar-refractivity contribution in [2.75, 3.05) is 32.4 Å². The SMILES string of the molecule is CON1C(=O)[C@]2(c3ccccc31)[C@H]1[C@H]3[C@H]4CO[C@@H]2C[C@H]4[C@]1([C@@H](C)OC(C)=O)CN3C. The monoisotopic (exact) mass is 412 g/mol. The molecule has 3 heterocycles. The van der Waals surface area contributed by atoms with Crippen molar-refractivity contribution in [2.24, 2.45) is 23.2 Å². The van der Waals surface area contributed by atoms with Crippen molar-refractivity contribution in [1.29, 1.82) is 0 Å². The fourth-order valence-corrected chi connectivity index (χ4v) is 8.34. The minimum Gasteiger partial charge on any atom is -0.462 e. The molecule has 5 bridgehead atoms. The highest BCUT2D eigenvalue weighted by Gasteiger charge is 2.82. The summed E-state index contributed by atoms with van der Waals surface area (Å²) in [4.78, 5) is 34.1. The van der Waals surface area contributed by atoms with Gasteiger partial charge < -0.3 is 14.4 Å². The Labute approximate surface area is 176 Å². The first-order chi connectivity index (χ1) is 14.4. The quantitative estimate of drug-likeness (QED) is 0.705. The van der Waals surface area contributed by atoms with Crippen LogP contribution in [0.2, 0.25) is 0 Å². The molecule has 5 aliphatic rings. The third-order valence-corrected chi connectivity index (χ3v) is 8.94. The van der Waals surface area contributed by atoms with E-state index in [1.54, 1.807) is 7.11 Å². The van der Waals surface area contributed by atoms with Crippen LogP contribution in [0.5, 0.6) is 0 Å². The first-order valence-corrected chi connectivity index (χ1v) is 10.9. The normalized spacial score (nSPS) is 44.1. The molecule has 2 saturated heterocycles. The predicted molar refractivity (Wildman–Crippen MR) is 108 cm³/mol. The molecule has 1 aromatic carbocycles. The number of amides is 1. The van der Waals surface area contributed by atoms with E-state index in [1.807, 2.05) is 25.1 Å². The van der Waals surface area contributed by atoms with Gasteiger partial charge in [-0.25, -0.2) is 0 Å². The molecule has 4 fully saturated rings. The summed E-state index contributed by atoms with van der Waals surface area (Å²) in [5.41, 5.74) is 0.702. The van der Waals surface area contributed by atoms with Crippen LogP contribution in [0.3, 0.4) is 0 Å². The number of fused-ring (bicyclic) bond motifs is 5. The number of likely N-dealkylation sites (tertiary alicyclic amines) is 1. The number of carbonyl (C=O) groups excluding carboxylic acids is 2. The number of benzene rings is 1. The van der Waals surface area contributed by atoms with E-state index in [9.17, 15) is 9.59 Å². The number of esters is 1. The Morgan fingerprint density at radius 1 is 1.33 bits per heavy atom. The van der Waals surface area contributed by atoms with Crippen molar-refractivity contribution in [3.8, 4) is 0 Å². The van der Waals surface area contributed by atoms with Gasteiger partial charge in [-0.3, -0.25) is 14.4 Å². The van der Waals surface area contributed by atoms with Crippen molar-refractivity contribution < 1.29 is 23.9 Å². The maximum Gasteiger partial charge on any atom is 0.302 e. The maximum absolute atomic E-state index is 14.2. The lowest BCUT2D eigenvalue weighted by atomic mass is 9.50. The molecule has 8 atom stereocenters. The molecule has 0 aromatic heterocycles. The topological polar surface area (TPSA) is 68.3 Å². The average Bonchev–Trinajstić information content (AvgIpc) is 3.19. The smallest absolute Gasteiger partial charge is 0.302 e. The Hall–Kier alpha value is -1.96. The third kappa shape index (κ3) is 1.81. The van der Waals surface area contributed by atoms with Gasteiger partial charge >= 0.3 is 5.97 Å². The highest BCUT2D eigenvalue weighted by molar-refractivity contribution is 6.08. The fraction of sp³-hybridized carbons (Fsp3) is 0.652. The van der Waals surface area contributed by atoms with Gasteiger partial charge in [0.2, 0.25) is 0 Å². The van der Waals surface area contributed by atoms with E-state index >= 15 is 0 Å². The first kappa shape index (κ1) is 18.8. The molecule has 160 valence electrons. The number of rotatable bonds is 3. The van der Waals surface area contributed by atoms with Crippen molar-refractivity contribution in [3.05, 3.63) is 29.8 Å². The second kappa shape index (κ2) is 5.84. The van der Waals surface area contributed by atoms with Gasteiger partial charge in [0.05, 0.1) is 25.5 Å². The number of ether oxygens (including phenoxy) is 2. The first-order valence-electron chi connectivity index (χ1n) is 10.9. The number of nitrogens with zero attached hydrogens (tertiary/aromatic N) is 2. The number of carbonyl (C=O) groups is 2. The second-order valence-electron chi connectivity index (χ2n) is 9.74. The molecular formula is C23H28N2O5. The molecule has 0 radical (unpaired) electrons. The summed E-state index contributed by atoms with van der Waals surface area (Å²) >= 11 is 0. The molecule has 6 rings (SSSR count). The molecule has 2 saturated carbocycles. The summed E-state index contributed by atoms with van der Waals surface area (Å²) in [6, 6.07) is 8.16. The molecule has 3 aliphatic heterocycles. The van der Waals surface area contributed by atoms with Crippen molar-refractivity contribution in [1.82, 2.24) is 4.90 Å². The average molecular weight is 412 g/mol. The molecule has 0 unspecified atom stereocenters. The van der Waals surface area contributed by atoms with E-state index in [0.717, 1.165) is 24.2 Å². The van der Waals surface area contributed by atoms with Gasteiger partial charge in [0.25, 0.3) is 5.91 Å². The Balaban J connectivity index is 1.62. The van der Waals surface area contributed by atoms with Gasteiger partial charge in [-0.15, -0.1) is 0 Å². The van der Waals surface area contributed by atoms with E-state index in [2.05, 4.69) is 18.0 Å². The Morgan fingerprint density at radius 2 is 2.10 bits per heavy atom. The van der Waals surface area contributed by atoms with Crippen molar-refractivity contribution >= 4 is 17.6 Å². The Bertz CT molecular complexity index is 951. The number of piperidine rings is 1. The zero-order chi connectivity index (χ0) is 21.0. The highest BCUT2D eigenvalue weighted by atomic mass is 16.7. The summed E-state index contributed by atoms with van der Waals surface area (Å²) < 4.78 is 12.3. The van der Waals surface area contributed by atoms with Crippen LogP contribution in [0.25, 0.3) is 0 Å². The summed E-state index contributed by atoms with van der Waals surface area (Å²) in [5, 5.41) is 1.45. The molecule has 7 heteroatoms. The minimum atomic E-state index is -0.821. The van der Waals surface area contributed by atoms with Crippen LogP contribution in [0.15, 0.2) is 24.3 Å². The van der Waals surface area contributed by atoms with E-state index in [-0.39, 0.29) is 41.5 Å². The molecule has 1 spiro atoms. The third-order valence-electron chi connectivity index (χ3n) is 8.94. The lowest BCUT2D eigenvalue weighted by Crippen LogP contribution is -2.66. The van der Waals surface area contributed by atoms with Crippen LogP contribution in [0.1, 0.15) is 25.8 Å². The molecule has 2 aliphatic carbocycles. The zero-order valence-electron chi connectivity index (χ0n) is 17.8. The van der Waals surface area contributed by atoms with E-state index in [1.165, 1.54) is 12.0 Å². The standard InChI is InChI=1S/C23H28N2O5/c1-12(30-13(2)26)22-11-24(3)19-14-10-29-18(9-16(14)22)23(20(19)22)15-7-5-6-8-17(15)25(28-4)21(23)27/h5-8,12,14,16,18-20H,9-11H2,1-4H3/t12-,14+,16-,18-,19-,20+,22-,23+/m1/s1. The van der Waals surface area contributed by atoms with Gasteiger partial charge in [-0.2, -0.15) is 5.06 Å². The minimum absolute atomic E-state index is 0.00870. The Kier molecular flexibility index (Phi) is 3.65. The zero-order valence-corrected chi connectivity index (χ0v) is 17.8. The lowest BCUT2D eigenvalue weighted by Gasteiger charge is -2.57. The van der Waals surface area contributed by atoms with Crippen LogP contribution in [-0.2, 0) is 29.3 Å². The number of hydrogen-bond donors (Lipinski definition) is 0. The summed E-state index contributed by atoms with van der Waals surface area (Å²) in [6.45, 7) is 4.98. The second-order valence-corrected chi connectivity index (χ2v) is 9.74. The maximum atomic E-state index is 14.2. The van der Waals surface area contributed by atoms with Crippen LogP contribution >= 0.6 is 0 Å². The summed E-state index contributed by atoms with van der Waals surface area (Å²) in [7, 11) is 3.69. The van der Waals surface area contributed by atoms with E-state index in [4.69, 9.17) is 14.3 Å². The van der Waals surface area contributed by atoms with Gasteiger partial charge in [-0.05, 0) is 37.9 Å². The molecular weight excluding hydrogens is 384 g/mol. The van der Waals surface area contributed by atoms with Crippen LogP contribution in [-0.4, -0.2) is 62.3 Å². The van der Waals surface area contributed by atoms with Gasteiger partial charge in [0.1, 0.15) is 11.5 Å².